The number of ether oxygens (including phenoxy) is 2. The highest BCUT2D eigenvalue weighted by Crippen LogP contribution is 2.23. The van der Waals surface area contributed by atoms with E-state index in [2.05, 4.69) is 10.3 Å². The van der Waals surface area contributed by atoms with Gasteiger partial charge in [-0.25, -0.2) is 4.98 Å². The number of rotatable bonds is 9. The van der Waals surface area contributed by atoms with Gasteiger partial charge < -0.3 is 19.2 Å². The summed E-state index contributed by atoms with van der Waals surface area (Å²) >= 11 is 0. The Morgan fingerprint density at radius 1 is 1.19 bits per heavy atom. The van der Waals surface area contributed by atoms with Gasteiger partial charge in [0, 0.05) is 32.2 Å². The van der Waals surface area contributed by atoms with E-state index in [0.29, 0.717) is 13.2 Å². The second-order valence-electron chi connectivity index (χ2n) is 4.57. The number of nitrogens with one attached hydrogen (secondary N) is 1. The molecule has 0 saturated carbocycles. The van der Waals surface area contributed by atoms with E-state index in [4.69, 9.17) is 13.9 Å². The third-order valence-corrected chi connectivity index (χ3v) is 3.00. The van der Waals surface area contributed by atoms with E-state index in [-0.39, 0.29) is 0 Å². The molecule has 2 aromatic rings. The molecule has 21 heavy (non-hydrogen) atoms. The molecule has 1 aromatic carbocycles. The van der Waals surface area contributed by atoms with Crippen molar-refractivity contribution in [1.82, 2.24) is 10.3 Å². The molecule has 0 radical (unpaired) electrons. The summed E-state index contributed by atoms with van der Waals surface area (Å²) in [6.07, 6.45) is 2.53. The summed E-state index contributed by atoms with van der Waals surface area (Å²) in [6, 6.07) is 7.83. The van der Waals surface area contributed by atoms with Crippen molar-refractivity contribution in [3.63, 3.8) is 0 Å². The first-order chi connectivity index (χ1) is 10.3. The van der Waals surface area contributed by atoms with Gasteiger partial charge in [0.15, 0.2) is 11.7 Å². The number of hydrogen-bond acceptors (Lipinski definition) is 5. The van der Waals surface area contributed by atoms with Gasteiger partial charge in [0.25, 0.3) is 0 Å². The van der Waals surface area contributed by atoms with Crippen LogP contribution in [0.25, 0.3) is 11.3 Å². The first-order valence-corrected chi connectivity index (χ1v) is 7.21. The molecule has 0 aliphatic heterocycles. The average Bonchev–Trinajstić information content (AvgIpc) is 2.97. The molecule has 0 spiro atoms. The Balaban J connectivity index is 1.87. The van der Waals surface area contributed by atoms with Crippen LogP contribution in [-0.4, -0.2) is 38.4 Å². The van der Waals surface area contributed by atoms with Gasteiger partial charge in [0.2, 0.25) is 0 Å². The highest BCUT2D eigenvalue weighted by Gasteiger charge is 2.06. The van der Waals surface area contributed by atoms with E-state index >= 15 is 0 Å². The van der Waals surface area contributed by atoms with E-state index in [9.17, 15) is 0 Å². The van der Waals surface area contributed by atoms with Crippen molar-refractivity contribution in [2.24, 2.45) is 0 Å². The molecule has 1 heterocycles. The number of benzene rings is 1. The number of methoxy groups -OCH3 is 1. The van der Waals surface area contributed by atoms with Gasteiger partial charge in [-0.15, -0.1) is 0 Å². The van der Waals surface area contributed by atoms with E-state index in [0.717, 1.165) is 42.5 Å². The third kappa shape index (κ3) is 4.88. The summed E-state index contributed by atoms with van der Waals surface area (Å²) in [7, 11) is 1.69. The van der Waals surface area contributed by atoms with Gasteiger partial charge in [0.05, 0.1) is 19.4 Å². The normalized spacial score (nSPS) is 10.8. The number of nitrogens with zero attached hydrogens (tertiary/aromatic N) is 1. The van der Waals surface area contributed by atoms with Crippen molar-refractivity contribution in [3.05, 3.63) is 36.4 Å². The molecule has 0 bridgehead atoms. The fourth-order valence-electron chi connectivity index (χ4n) is 1.94. The van der Waals surface area contributed by atoms with Crippen molar-refractivity contribution >= 4 is 0 Å². The molecule has 1 aromatic heterocycles. The summed E-state index contributed by atoms with van der Waals surface area (Å²) in [5.74, 6) is 2.39. The largest absolute Gasteiger partial charge is 0.494 e. The molecule has 0 aliphatic carbocycles. The minimum absolute atomic E-state index is 0.669. The second kappa shape index (κ2) is 8.44. The molecule has 0 unspecified atom stereocenters. The summed E-state index contributed by atoms with van der Waals surface area (Å²) in [6.45, 7) is 5.01. The van der Waals surface area contributed by atoms with E-state index < -0.39 is 0 Å². The number of aromatic nitrogens is 1. The maximum absolute atomic E-state index is 5.75. The zero-order valence-electron chi connectivity index (χ0n) is 12.6. The SMILES string of the molecule is CCOc1ccc(-c2cnc(CCNCCOC)o2)cc1. The highest BCUT2D eigenvalue weighted by atomic mass is 16.5. The fourth-order valence-corrected chi connectivity index (χ4v) is 1.94. The van der Waals surface area contributed by atoms with Crippen molar-refractivity contribution < 1.29 is 13.9 Å². The highest BCUT2D eigenvalue weighted by molar-refractivity contribution is 5.57. The van der Waals surface area contributed by atoms with Gasteiger partial charge in [-0.3, -0.25) is 0 Å². The predicted molar refractivity (Wildman–Crippen MR) is 81.6 cm³/mol. The molecule has 5 heteroatoms. The topological polar surface area (TPSA) is 56.5 Å². The Bertz CT molecular complexity index is 523. The quantitative estimate of drug-likeness (QED) is 0.719. The van der Waals surface area contributed by atoms with E-state index in [1.54, 1.807) is 13.3 Å². The van der Waals surface area contributed by atoms with Crippen LogP contribution in [0.4, 0.5) is 0 Å². The number of oxazole rings is 1. The van der Waals surface area contributed by atoms with Crippen LogP contribution in [0.15, 0.2) is 34.9 Å². The van der Waals surface area contributed by atoms with Gasteiger partial charge in [0.1, 0.15) is 5.75 Å². The lowest BCUT2D eigenvalue weighted by atomic mass is 10.2. The molecule has 114 valence electrons. The lowest BCUT2D eigenvalue weighted by Gasteiger charge is -2.03. The third-order valence-electron chi connectivity index (χ3n) is 3.00. The Morgan fingerprint density at radius 2 is 2.00 bits per heavy atom. The molecule has 2 rings (SSSR count). The molecule has 0 saturated heterocycles. The van der Waals surface area contributed by atoms with Crippen LogP contribution >= 0.6 is 0 Å². The van der Waals surface area contributed by atoms with Crippen LogP contribution in [0.3, 0.4) is 0 Å². The summed E-state index contributed by atoms with van der Waals surface area (Å²) in [5.41, 5.74) is 1.00. The van der Waals surface area contributed by atoms with E-state index in [1.165, 1.54) is 0 Å². The molecule has 0 amide bonds. The fraction of sp³-hybridized carbons (Fsp3) is 0.438. The Morgan fingerprint density at radius 3 is 2.71 bits per heavy atom. The van der Waals surface area contributed by atoms with Crippen molar-refractivity contribution in [2.75, 3.05) is 33.4 Å². The van der Waals surface area contributed by atoms with E-state index in [1.807, 2.05) is 31.2 Å². The Kier molecular flexibility index (Phi) is 6.24. The van der Waals surface area contributed by atoms with Gasteiger partial charge in [-0.1, -0.05) is 0 Å². The van der Waals surface area contributed by atoms with Crippen LogP contribution in [0.5, 0.6) is 5.75 Å². The van der Waals surface area contributed by atoms with Crippen LogP contribution in [0.1, 0.15) is 12.8 Å². The molecule has 0 atom stereocenters. The molecule has 1 N–H and O–H groups in total. The Labute approximate surface area is 125 Å². The monoisotopic (exact) mass is 290 g/mol. The maximum atomic E-state index is 5.75. The van der Waals surface area contributed by atoms with Crippen molar-refractivity contribution in [3.8, 4) is 17.1 Å². The molecular formula is C16H22N2O3. The van der Waals surface area contributed by atoms with Crippen LogP contribution in [0, 0.1) is 0 Å². The lowest BCUT2D eigenvalue weighted by Crippen LogP contribution is -2.21. The van der Waals surface area contributed by atoms with Crippen LogP contribution in [-0.2, 0) is 11.2 Å². The molecular weight excluding hydrogens is 268 g/mol. The minimum atomic E-state index is 0.669. The van der Waals surface area contributed by atoms with Gasteiger partial charge in [-0.05, 0) is 31.2 Å². The standard InChI is InChI=1S/C16H22N2O3/c1-3-20-14-6-4-13(5-7-14)15-12-18-16(21-15)8-9-17-10-11-19-2/h4-7,12,17H,3,8-11H2,1-2H3. The Hall–Kier alpha value is -1.85. The van der Waals surface area contributed by atoms with Crippen LogP contribution < -0.4 is 10.1 Å². The zero-order chi connectivity index (χ0) is 14.9. The lowest BCUT2D eigenvalue weighted by molar-refractivity contribution is 0.199. The first-order valence-electron chi connectivity index (χ1n) is 7.21. The molecule has 0 aliphatic rings. The van der Waals surface area contributed by atoms with Crippen molar-refractivity contribution in [1.29, 1.82) is 0 Å². The predicted octanol–water partition coefficient (Wildman–Crippen LogP) is 2.52. The summed E-state index contributed by atoms with van der Waals surface area (Å²) in [4.78, 5) is 4.30. The minimum Gasteiger partial charge on any atom is -0.494 e. The first kappa shape index (κ1) is 15.5. The van der Waals surface area contributed by atoms with Crippen molar-refractivity contribution in [2.45, 2.75) is 13.3 Å². The smallest absolute Gasteiger partial charge is 0.196 e. The van der Waals surface area contributed by atoms with Gasteiger partial charge >= 0.3 is 0 Å². The van der Waals surface area contributed by atoms with Gasteiger partial charge in [-0.2, -0.15) is 0 Å². The maximum Gasteiger partial charge on any atom is 0.196 e. The average molecular weight is 290 g/mol. The molecule has 0 fully saturated rings. The summed E-state index contributed by atoms with van der Waals surface area (Å²) < 4.78 is 16.1. The zero-order valence-corrected chi connectivity index (χ0v) is 12.6. The second-order valence-corrected chi connectivity index (χ2v) is 4.57. The summed E-state index contributed by atoms with van der Waals surface area (Å²) in [5, 5.41) is 3.26. The number of hydrogen-bond donors (Lipinski definition) is 1. The van der Waals surface area contributed by atoms with Crippen LogP contribution in [0.2, 0.25) is 0 Å². The molecule has 5 nitrogen and oxygen atoms in total.